The van der Waals surface area contributed by atoms with E-state index >= 15 is 0 Å². The smallest absolute Gasteiger partial charge is 0.343 e. The molecule has 0 unspecified atom stereocenters. The van der Waals surface area contributed by atoms with Crippen molar-refractivity contribution in [2.75, 3.05) is 25.7 Å². The molecule has 0 aliphatic carbocycles. The predicted molar refractivity (Wildman–Crippen MR) is 118 cm³/mol. The van der Waals surface area contributed by atoms with Crippen LogP contribution in [0, 0.1) is 0 Å². The van der Waals surface area contributed by atoms with Crippen LogP contribution < -0.4 is 19.7 Å². The van der Waals surface area contributed by atoms with Crippen molar-refractivity contribution in [1.82, 2.24) is 5.32 Å². The fourth-order valence-corrected chi connectivity index (χ4v) is 3.34. The second-order valence-corrected chi connectivity index (χ2v) is 6.99. The summed E-state index contributed by atoms with van der Waals surface area (Å²) in [5.74, 6) is -1.47. The maximum atomic E-state index is 13.0. The molecule has 0 saturated carbocycles. The van der Waals surface area contributed by atoms with E-state index in [0.717, 1.165) is 0 Å². The summed E-state index contributed by atoms with van der Waals surface area (Å²) in [6.07, 6.45) is 1.37. The second kappa shape index (κ2) is 9.59. The molecule has 1 fully saturated rings. The molecule has 1 saturated heterocycles. The van der Waals surface area contributed by atoms with Gasteiger partial charge in [0.1, 0.15) is 5.57 Å². The largest absolute Gasteiger partial charge is 0.493 e. The number of para-hydroxylation sites is 1. The van der Waals surface area contributed by atoms with Gasteiger partial charge in [0, 0.05) is 0 Å². The van der Waals surface area contributed by atoms with E-state index in [0.29, 0.717) is 11.3 Å². The molecule has 160 valence electrons. The molecule has 0 aromatic heterocycles. The van der Waals surface area contributed by atoms with Crippen molar-refractivity contribution in [2.45, 2.75) is 0 Å². The number of anilines is 1. The van der Waals surface area contributed by atoms with Crippen LogP contribution in [0.1, 0.15) is 5.56 Å². The number of halogens is 1. The van der Waals surface area contributed by atoms with Crippen molar-refractivity contribution < 1.29 is 28.6 Å². The first kappa shape index (κ1) is 22.3. The second-order valence-electron chi connectivity index (χ2n) is 6.19. The highest BCUT2D eigenvalue weighted by Gasteiger charge is 2.34. The first-order valence-electron chi connectivity index (χ1n) is 8.89. The Hall–Kier alpha value is -3.43. The Labute approximate surface area is 188 Å². The van der Waals surface area contributed by atoms with Gasteiger partial charge in [0.25, 0.3) is 11.8 Å². The van der Waals surface area contributed by atoms with Gasteiger partial charge >= 0.3 is 5.97 Å². The lowest BCUT2D eigenvalue weighted by molar-refractivity contribution is -0.143. The van der Waals surface area contributed by atoms with Crippen molar-refractivity contribution in [2.24, 2.45) is 0 Å². The number of esters is 1. The monoisotopic (exact) mass is 460 g/mol. The number of hydrogen-bond acceptors (Lipinski definition) is 7. The summed E-state index contributed by atoms with van der Waals surface area (Å²) in [5.41, 5.74) is 0.788. The van der Waals surface area contributed by atoms with Crippen molar-refractivity contribution in [3.05, 3.63) is 58.6 Å². The van der Waals surface area contributed by atoms with Crippen LogP contribution >= 0.6 is 23.8 Å². The Balaban J connectivity index is 1.96. The first-order valence-corrected chi connectivity index (χ1v) is 9.68. The molecule has 31 heavy (non-hydrogen) atoms. The van der Waals surface area contributed by atoms with E-state index in [2.05, 4.69) is 10.1 Å². The fourth-order valence-electron chi connectivity index (χ4n) is 2.79. The zero-order valence-electron chi connectivity index (χ0n) is 16.5. The Morgan fingerprint density at radius 1 is 1.19 bits per heavy atom. The molecule has 3 rings (SSSR count). The van der Waals surface area contributed by atoms with Crippen molar-refractivity contribution in [1.29, 1.82) is 0 Å². The average Bonchev–Trinajstić information content (AvgIpc) is 2.75. The van der Waals surface area contributed by atoms with Gasteiger partial charge in [0.15, 0.2) is 23.2 Å². The third-order valence-electron chi connectivity index (χ3n) is 4.24. The van der Waals surface area contributed by atoms with Gasteiger partial charge in [0.2, 0.25) is 0 Å². The summed E-state index contributed by atoms with van der Waals surface area (Å²) < 4.78 is 15.2. The van der Waals surface area contributed by atoms with E-state index in [1.807, 2.05) is 0 Å². The summed E-state index contributed by atoms with van der Waals surface area (Å²) in [6, 6.07) is 11.7. The summed E-state index contributed by atoms with van der Waals surface area (Å²) in [7, 11) is 2.62. The third kappa shape index (κ3) is 4.84. The van der Waals surface area contributed by atoms with Gasteiger partial charge in [-0.05, 0) is 48.1 Å². The minimum Gasteiger partial charge on any atom is -0.493 e. The molecule has 0 radical (unpaired) electrons. The Kier molecular flexibility index (Phi) is 6.88. The number of carbonyl (C=O) groups is 3. The zero-order chi connectivity index (χ0) is 22.5. The number of nitrogens with one attached hydrogen (secondary N) is 1. The van der Waals surface area contributed by atoms with Gasteiger partial charge in [-0.25, -0.2) is 4.79 Å². The van der Waals surface area contributed by atoms with E-state index in [1.54, 1.807) is 30.3 Å². The van der Waals surface area contributed by atoms with Crippen molar-refractivity contribution in [3.63, 3.8) is 0 Å². The maximum Gasteiger partial charge on any atom is 0.343 e. The molecule has 1 aliphatic rings. The van der Waals surface area contributed by atoms with Crippen LogP contribution in [-0.2, 0) is 19.1 Å². The number of methoxy groups -OCH3 is 2. The van der Waals surface area contributed by atoms with Crippen LogP contribution in [0.15, 0.2) is 48.0 Å². The number of amides is 2. The van der Waals surface area contributed by atoms with Crippen LogP contribution in [0.2, 0.25) is 5.02 Å². The zero-order valence-corrected chi connectivity index (χ0v) is 18.1. The molecule has 10 heteroatoms. The van der Waals surface area contributed by atoms with Crippen LogP contribution in [0.25, 0.3) is 6.08 Å². The molecule has 0 atom stereocenters. The quantitative estimate of drug-likeness (QED) is 0.306. The Morgan fingerprint density at radius 3 is 2.55 bits per heavy atom. The lowest BCUT2D eigenvalue weighted by Gasteiger charge is -2.28. The van der Waals surface area contributed by atoms with E-state index in [1.165, 1.54) is 37.3 Å². The fraction of sp³-hybridized carbons (Fsp3) is 0.143. The summed E-state index contributed by atoms with van der Waals surface area (Å²) >= 11 is 11.4. The number of thiocarbonyl (C=S) groups is 1. The number of hydrogen-bond donors (Lipinski definition) is 1. The van der Waals surface area contributed by atoms with E-state index in [-0.39, 0.29) is 33.8 Å². The Bertz CT molecular complexity index is 1090. The molecule has 2 aromatic carbocycles. The van der Waals surface area contributed by atoms with Crippen molar-refractivity contribution in [3.8, 4) is 11.5 Å². The standard InChI is InChI=1S/C21H17ClN2O6S/c1-28-16-10-12(9-15(22)18(16)30-11-17(25)29-2)8-14-19(26)23-21(31)24(20(14)27)13-6-4-3-5-7-13/h3-10H,11H2,1-2H3,(H,23,26,31). The summed E-state index contributed by atoms with van der Waals surface area (Å²) in [5, 5.41) is 2.62. The molecule has 0 bridgehead atoms. The Morgan fingerprint density at radius 2 is 1.90 bits per heavy atom. The topological polar surface area (TPSA) is 94.2 Å². The normalized spacial score (nSPS) is 15.0. The number of nitrogens with zero attached hydrogens (tertiary/aromatic N) is 1. The molecule has 1 heterocycles. The first-order chi connectivity index (χ1) is 14.8. The van der Waals surface area contributed by atoms with Gasteiger partial charge in [-0.15, -0.1) is 0 Å². The highest BCUT2D eigenvalue weighted by Crippen LogP contribution is 2.37. The molecule has 8 nitrogen and oxygen atoms in total. The van der Waals surface area contributed by atoms with E-state index in [9.17, 15) is 14.4 Å². The molecular formula is C21H17ClN2O6S. The predicted octanol–water partition coefficient (Wildman–Crippen LogP) is 2.73. The molecule has 2 amide bonds. The van der Waals surface area contributed by atoms with Gasteiger partial charge in [0.05, 0.1) is 24.9 Å². The number of ether oxygens (including phenoxy) is 3. The number of benzene rings is 2. The van der Waals surface area contributed by atoms with Crippen LogP contribution in [-0.4, -0.2) is 43.7 Å². The SMILES string of the molecule is COC(=O)COc1c(Cl)cc(C=C2C(=O)NC(=S)N(c3ccccc3)C2=O)cc1OC. The molecular weight excluding hydrogens is 444 g/mol. The molecule has 0 spiro atoms. The summed E-state index contributed by atoms with van der Waals surface area (Å²) in [6.45, 7) is -0.364. The number of rotatable bonds is 6. The third-order valence-corrected chi connectivity index (χ3v) is 4.81. The van der Waals surface area contributed by atoms with Crippen LogP contribution in [0.4, 0.5) is 5.69 Å². The summed E-state index contributed by atoms with van der Waals surface area (Å²) in [4.78, 5) is 38.1. The van der Waals surface area contributed by atoms with Gasteiger partial charge in [-0.3, -0.25) is 19.8 Å². The molecule has 2 aromatic rings. The maximum absolute atomic E-state index is 13.0. The lowest BCUT2D eigenvalue weighted by Crippen LogP contribution is -2.54. The number of carbonyl (C=O) groups excluding carboxylic acids is 3. The van der Waals surface area contributed by atoms with E-state index in [4.69, 9.17) is 33.3 Å². The minimum atomic E-state index is -0.636. The van der Waals surface area contributed by atoms with Gasteiger partial charge < -0.3 is 14.2 Å². The van der Waals surface area contributed by atoms with Crippen molar-refractivity contribution >= 4 is 58.5 Å². The van der Waals surface area contributed by atoms with E-state index < -0.39 is 17.8 Å². The minimum absolute atomic E-state index is 0.0134. The average molecular weight is 461 g/mol. The highest BCUT2D eigenvalue weighted by atomic mass is 35.5. The highest BCUT2D eigenvalue weighted by molar-refractivity contribution is 7.80. The van der Waals surface area contributed by atoms with Gasteiger partial charge in [-0.1, -0.05) is 29.8 Å². The lowest BCUT2D eigenvalue weighted by atomic mass is 10.1. The molecule has 1 N–H and O–H groups in total. The van der Waals surface area contributed by atoms with Crippen LogP contribution in [0.5, 0.6) is 11.5 Å². The molecule has 1 aliphatic heterocycles. The van der Waals surface area contributed by atoms with Crippen LogP contribution in [0.3, 0.4) is 0 Å². The van der Waals surface area contributed by atoms with Gasteiger partial charge in [-0.2, -0.15) is 0 Å².